The van der Waals surface area contributed by atoms with Crippen molar-refractivity contribution in [2.45, 2.75) is 44.7 Å². The molecule has 0 saturated carbocycles. The van der Waals surface area contributed by atoms with Crippen molar-refractivity contribution < 1.29 is 48.0 Å². The third-order valence-electron chi connectivity index (χ3n) is 7.59. The Hall–Kier alpha value is -4.04. The van der Waals surface area contributed by atoms with Crippen LogP contribution in [0.1, 0.15) is 43.7 Å². The number of alkyl carbamates (subject to hydrolysis) is 1. The van der Waals surface area contributed by atoms with Gasteiger partial charge in [0, 0.05) is 26.0 Å². The van der Waals surface area contributed by atoms with E-state index < -0.39 is 30.1 Å². The van der Waals surface area contributed by atoms with Gasteiger partial charge in [-0.05, 0) is 34.6 Å². The number of fused-ring (bicyclic) bond motifs is 3. The van der Waals surface area contributed by atoms with Crippen LogP contribution >= 0.6 is 0 Å². The highest BCUT2D eigenvalue weighted by Gasteiger charge is 2.32. The number of benzene rings is 2. The van der Waals surface area contributed by atoms with E-state index in [0.29, 0.717) is 39.6 Å². The first-order valence-corrected chi connectivity index (χ1v) is 15.9. The Morgan fingerprint density at radius 2 is 1.34 bits per heavy atom. The molecule has 1 aliphatic rings. The summed E-state index contributed by atoms with van der Waals surface area (Å²) < 4.78 is 26.5. The van der Waals surface area contributed by atoms with Gasteiger partial charge in [0.15, 0.2) is 0 Å². The molecule has 0 aromatic heterocycles. The molecule has 47 heavy (non-hydrogen) atoms. The first-order chi connectivity index (χ1) is 22.7. The van der Waals surface area contributed by atoms with Gasteiger partial charge in [-0.25, -0.2) is 9.59 Å². The highest BCUT2D eigenvalue weighted by Crippen LogP contribution is 2.44. The molecular weight excluding hydrogens is 610 g/mol. The molecule has 258 valence electrons. The number of carbonyl (C=O) groups is 4. The quantitative estimate of drug-likeness (QED) is 0.138. The fourth-order valence-corrected chi connectivity index (χ4v) is 5.13. The third kappa shape index (κ3) is 12.2. The zero-order chi connectivity index (χ0) is 34.0. The standard InChI is InChI=1S/C34H47N3O10/c1-23(2)31(37-34(42)47-22-28-26-10-6-4-8-24(26)25-9-5-7-11-27(25)28)32(39)36-29(33(40)41)12-13-30(38)35-14-15-44-18-19-46-21-20-45-17-16-43-3/h4-11,23,28-29,31H,12-22H2,1-3H3,(H,35,38)(H,36,39)(H,37,42)(H,40,41)/t29-,31?/m0/s1. The van der Waals surface area contributed by atoms with Crippen molar-refractivity contribution in [3.05, 3.63) is 59.7 Å². The molecule has 13 heteroatoms. The second-order valence-corrected chi connectivity index (χ2v) is 11.3. The van der Waals surface area contributed by atoms with E-state index in [9.17, 15) is 24.3 Å². The Balaban J connectivity index is 1.37. The van der Waals surface area contributed by atoms with Crippen molar-refractivity contribution in [2.24, 2.45) is 5.92 Å². The molecule has 0 radical (unpaired) electrons. The Kier molecular flexibility index (Phi) is 16.1. The third-order valence-corrected chi connectivity index (χ3v) is 7.59. The van der Waals surface area contributed by atoms with Gasteiger partial charge in [-0.1, -0.05) is 62.4 Å². The highest BCUT2D eigenvalue weighted by atomic mass is 16.6. The van der Waals surface area contributed by atoms with Gasteiger partial charge in [0.05, 0.1) is 46.2 Å². The number of hydrogen-bond donors (Lipinski definition) is 4. The van der Waals surface area contributed by atoms with Crippen LogP contribution in [0.15, 0.2) is 48.5 Å². The molecule has 2 atom stereocenters. The average Bonchev–Trinajstić information content (AvgIpc) is 3.38. The molecule has 3 amide bonds. The van der Waals surface area contributed by atoms with Gasteiger partial charge >= 0.3 is 12.1 Å². The molecular formula is C34H47N3O10. The summed E-state index contributed by atoms with van der Waals surface area (Å²) in [7, 11) is 1.60. The van der Waals surface area contributed by atoms with Gasteiger partial charge in [-0.15, -0.1) is 0 Å². The molecule has 1 unspecified atom stereocenters. The smallest absolute Gasteiger partial charge is 0.407 e. The zero-order valence-electron chi connectivity index (χ0n) is 27.3. The van der Waals surface area contributed by atoms with Crippen molar-refractivity contribution in [3.63, 3.8) is 0 Å². The monoisotopic (exact) mass is 657 g/mol. The van der Waals surface area contributed by atoms with Gasteiger partial charge < -0.3 is 44.7 Å². The fraction of sp³-hybridized carbons (Fsp3) is 0.529. The molecule has 0 aliphatic heterocycles. The van der Waals surface area contributed by atoms with Crippen LogP contribution in [0.2, 0.25) is 0 Å². The van der Waals surface area contributed by atoms with Crippen LogP contribution in [0, 0.1) is 5.92 Å². The van der Waals surface area contributed by atoms with E-state index in [1.54, 1.807) is 21.0 Å². The van der Waals surface area contributed by atoms with Crippen molar-refractivity contribution in [1.29, 1.82) is 0 Å². The van der Waals surface area contributed by atoms with Gasteiger partial charge in [0.2, 0.25) is 11.8 Å². The number of hydrogen-bond acceptors (Lipinski definition) is 9. The Morgan fingerprint density at radius 3 is 1.89 bits per heavy atom. The second kappa shape index (κ2) is 20.3. The molecule has 0 bridgehead atoms. The molecule has 13 nitrogen and oxygen atoms in total. The molecule has 3 rings (SSSR count). The lowest BCUT2D eigenvalue weighted by Crippen LogP contribution is -2.54. The normalized spacial score (nSPS) is 13.4. The number of rotatable bonds is 22. The Bertz CT molecular complexity index is 1260. The fourth-order valence-electron chi connectivity index (χ4n) is 5.13. The summed E-state index contributed by atoms with van der Waals surface area (Å²) in [6.45, 7) is 6.70. The second-order valence-electron chi connectivity index (χ2n) is 11.3. The van der Waals surface area contributed by atoms with Crippen LogP contribution in [0.5, 0.6) is 0 Å². The van der Waals surface area contributed by atoms with Crippen molar-refractivity contribution in [2.75, 3.05) is 66.5 Å². The van der Waals surface area contributed by atoms with Crippen LogP contribution in [-0.2, 0) is 38.1 Å². The number of carboxylic acid groups (broad SMARTS) is 1. The van der Waals surface area contributed by atoms with E-state index in [1.807, 2.05) is 48.5 Å². The minimum atomic E-state index is -1.33. The molecule has 0 heterocycles. The molecule has 0 spiro atoms. The number of aliphatic carboxylic acids is 1. The van der Waals surface area contributed by atoms with Crippen LogP contribution in [0.25, 0.3) is 11.1 Å². The van der Waals surface area contributed by atoms with E-state index in [1.165, 1.54) is 0 Å². The van der Waals surface area contributed by atoms with Crippen LogP contribution < -0.4 is 16.0 Å². The van der Waals surface area contributed by atoms with Crippen molar-refractivity contribution >= 4 is 23.9 Å². The minimum Gasteiger partial charge on any atom is -0.480 e. The summed E-state index contributed by atoms with van der Waals surface area (Å²) in [6.07, 6.45) is -1.05. The summed E-state index contributed by atoms with van der Waals surface area (Å²) in [5, 5.41) is 17.4. The van der Waals surface area contributed by atoms with Gasteiger partial charge in [-0.2, -0.15) is 0 Å². The Labute approximate surface area is 275 Å². The van der Waals surface area contributed by atoms with Crippen LogP contribution in [0.4, 0.5) is 4.79 Å². The number of ether oxygens (including phenoxy) is 5. The lowest BCUT2D eigenvalue weighted by atomic mass is 9.98. The minimum absolute atomic E-state index is 0.0725. The number of amides is 3. The molecule has 0 fully saturated rings. The predicted octanol–water partition coefficient (Wildman–Crippen LogP) is 2.71. The van der Waals surface area contributed by atoms with E-state index >= 15 is 0 Å². The molecule has 0 saturated heterocycles. The number of carbonyl (C=O) groups excluding carboxylic acids is 3. The van der Waals surface area contributed by atoms with Crippen LogP contribution in [-0.4, -0.2) is 108 Å². The predicted molar refractivity (Wildman–Crippen MR) is 173 cm³/mol. The zero-order valence-corrected chi connectivity index (χ0v) is 27.3. The number of methoxy groups -OCH3 is 1. The first-order valence-electron chi connectivity index (χ1n) is 15.9. The van der Waals surface area contributed by atoms with E-state index in [-0.39, 0.29) is 50.3 Å². The van der Waals surface area contributed by atoms with Gasteiger partial charge in [0.25, 0.3) is 0 Å². The molecule has 1 aliphatic carbocycles. The van der Waals surface area contributed by atoms with Crippen molar-refractivity contribution in [3.8, 4) is 11.1 Å². The summed E-state index contributed by atoms with van der Waals surface area (Å²) in [5.41, 5.74) is 4.30. The van der Waals surface area contributed by atoms with Crippen LogP contribution in [0.3, 0.4) is 0 Å². The van der Waals surface area contributed by atoms with Crippen molar-refractivity contribution in [1.82, 2.24) is 16.0 Å². The average molecular weight is 658 g/mol. The van der Waals surface area contributed by atoms with E-state index in [0.717, 1.165) is 22.3 Å². The summed E-state index contributed by atoms with van der Waals surface area (Å²) in [6, 6.07) is 13.5. The summed E-state index contributed by atoms with van der Waals surface area (Å²) in [4.78, 5) is 50.1. The van der Waals surface area contributed by atoms with Gasteiger partial charge in [-0.3, -0.25) is 9.59 Å². The maximum Gasteiger partial charge on any atom is 0.407 e. The molecule has 2 aromatic rings. The SMILES string of the molecule is COCCOCCOCCOCCNC(=O)CC[C@H](NC(=O)C(NC(=O)OCC1c2ccccc2-c2ccccc21)C(C)C)C(=O)O. The molecule has 2 aromatic carbocycles. The first kappa shape index (κ1) is 37.4. The number of nitrogens with one attached hydrogen (secondary N) is 3. The lowest BCUT2D eigenvalue weighted by Gasteiger charge is -2.24. The maximum atomic E-state index is 13.1. The maximum absolute atomic E-state index is 13.1. The summed E-state index contributed by atoms with van der Waals surface area (Å²) >= 11 is 0. The number of carboxylic acids is 1. The van der Waals surface area contributed by atoms with Gasteiger partial charge in [0.1, 0.15) is 18.7 Å². The lowest BCUT2D eigenvalue weighted by molar-refractivity contribution is -0.142. The topological polar surface area (TPSA) is 171 Å². The highest BCUT2D eigenvalue weighted by molar-refractivity contribution is 5.90. The molecule has 4 N–H and O–H groups in total. The van der Waals surface area contributed by atoms with E-state index in [4.69, 9.17) is 23.7 Å². The Morgan fingerprint density at radius 1 is 0.787 bits per heavy atom. The van der Waals surface area contributed by atoms with E-state index in [2.05, 4.69) is 16.0 Å². The largest absolute Gasteiger partial charge is 0.480 e. The summed E-state index contributed by atoms with van der Waals surface area (Å²) in [5.74, 6) is -2.87.